The highest BCUT2D eigenvalue weighted by atomic mass is 16.5. The number of esters is 2. The number of carbonyl (C=O) groups is 4. The Kier molecular flexibility index (Phi) is 4.90. The molecule has 4 rings (SSSR count). The van der Waals surface area contributed by atoms with Crippen molar-refractivity contribution in [3.05, 3.63) is 0 Å². The van der Waals surface area contributed by atoms with Gasteiger partial charge in [-0.3, -0.25) is 19.2 Å². The minimum Gasteiger partial charge on any atom is -0.463 e. The molecule has 8 atom stereocenters. The molecule has 0 spiro atoms. The molecule has 0 amide bonds. The van der Waals surface area contributed by atoms with Gasteiger partial charge in [0.05, 0.1) is 0 Å². The van der Waals surface area contributed by atoms with E-state index in [4.69, 9.17) is 9.47 Å². The van der Waals surface area contributed by atoms with E-state index >= 15 is 0 Å². The van der Waals surface area contributed by atoms with Gasteiger partial charge in [0.25, 0.3) is 0 Å². The molecule has 0 bridgehead atoms. The number of ketones is 2. The van der Waals surface area contributed by atoms with Crippen LogP contribution in [0, 0.1) is 34.5 Å². The molecule has 29 heavy (non-hydrogen) atoms. The topological polar surface area (TPSA) is 86.7 Å². The van der Waals surface area contributed by atoms with E-state index in [0.717, 1.165) is 19.3 Å². The third-order valence-electron chi connectivity index (χ3n) is 8.70. The summed E-state index contributed by atoms with van der Waals surface area (Å²) in [7, 11) is 0. The van der Waals surface area contributed by atoms with E-state index in [1.54, 1.807) is 0 Å². The van der Waals surface area contributed by atoms with E-state index in [2.05, 4.69) is 6.92 Å². The van der Waals surface area contributed by atoms with Gasteiger partial charge in [0, 0.05) is 43.9 Å². The van der Waals surface area contributed by atoms with Crippen LogP contribution in [0.4, 0.5) is 0 Å². The zero-order chi connectivity index (χ0) is 21.1. The summed E-state index contributed by atoms with van der Waals surface area (Å²) in [5.41, 5.74) is -0.739. The van der Waals surface area contributed by atoms with Gasteiger partial charge in [-0.1, -0.05) is 13.8 Å². The number of rotatable bonds is 2. The fourth-order valence-electron chi connectivity index (χ4n) is 7.41. The smallest absolute Gasteiger partial charge is 0.302 e. The van der Waals surface area contributed by atoms with Gasteiger partial charge < -0.3 is 9.47 Å². The maximum atomic E-state index is 13.4. The predicted molar refractivity (Wildman–Crippen MR) is 104 cm³/mol. The molecule has 4 aliphatic carbocycles. The van der Waals surface area contributed by atoms with Crippen LogP contribution in [-0.4, -0.2) is 35.7 Å². The lowest BCUT2D eigenvalue weighted by Crippen LogP contribution is -2.62. The van der Waals surface area contributed by atoms with Crippen molar-refractivity contribution in [2.45, 2.75) is 84.8 Å². The first kappa shape index (κ1) is 20.5. The molecular formula is C23H32O6. The molecule has 0 heterocycles. The Labute approximate surface area is 172 Å². The second kappa shape index (κ2) is 6.92. The average molecular weight is 405 g/mol. The fraction of sp³-hybridized carbons (Fsp3) is 0.826. The standard InChI is InChI=1S/C23H32O6/c1-12(24)28-15-7-8-22(3)14(9-15)10-17(26)20-16-5-6-19(27)23(16,4)11-18(21(20)22)29-13(2)25/h14-16,18,20-21H,5-11H2,1-4H3. The zero-order valence-corrected chi connectivity index (χ0v) is 17.9. The minimum absolute atomic E-state index is 0.0447. The molecule has 6 nitrogen and oxygen atoms in total. The van der Waals surface area contributed by atoms with Crippen LogP contribution in [0.2, 0.25) is 0 Å². The highest BCUT2D eigenvalue weighted by molar-refractivity contribution is 5.91. The first-order valence-corrected chi connectivity index (χ1v) is 11.0. The molecule has 0 radical (unpaired) electrons. The van der Waals surface area contributed by atoms with Gasteiger partial charge in [-0.25, -0.2) is 0 Å². The van der Waals surface area contributed by atoms with E-state index in [1.165, 1.54) is 13.8 Å². The number of fused-ring (bicyclic) bond motifs is 5. The summed E-state index contributed by atoms with van der Waals surface area (Å²) in [4.78, 5) is 49.5. The van der Waals surface area contributed by atoms with Gasteiger partial charge in [-0.15, -0.1) is 0 Å². The fourth-order valence-corrected chi connectivity index (χ4v) is 7.41. The van der Waals surface area contributed by atoms with Crippen molar-refractivity contribution in [3.63, 3.8) is 0 Å². The molecule has 4 aliphatic rings. The second-order valence-electron chi connectivity index (χ2n) is 10.3. The van der Waals surface area contributed by atoms with Crippen LogP contribution in [0.3, 0.4) is 0 Å². The van der Waals surface area contributed by atoms with Gasteiger partial charge in [-0.2, -0.15) is 0 Å². The summed E-state index contributed by atoms with van der Waals surface area (Å²) in [6.07, 6.45) is 3.95. The first-order valence-electron chi connectivity index (χ1n) is 11.0. The molecule has 0 aromatic heterocycles. The summed E-state index contributed by atoms with van der Waals surface area (Å²) in [6.45, 7) is 7.02. The van der Waals surface area contributed by atoms with Crippen molar-refractivity contribution >= 4 is 23.5 Å². The molecule has 160 valence electrons. The van der Waals surface area contributed by atoms with Crippen molar-refractivity contribution in [2.75, 3.05) is 0 Å². The van der Waals surface area contributed by atoms with Gasteiger partial charge in [0.1, 0.15) is 23.8 Å². The highest BCUT2D eigenvalue weighted by Crippen LogP contribution is 2.65. The summed E-state index contributed by atoms with van der Waals surface area (Å²) >= 11 is 0. The highest BCUT2D eigenvalue weighted by Gasteiger charge is 2.66. The summed E-state index contributed by atoms with van der Waals surface area (Å²) in [5.74, 6) is -0.379. The summed E-state index contributed by atoms with van der Waals surface area (Å²) in [6, 6.07) is 0. The van der Waals surface area contributed by atoms with E-state index in [0.29, 0.717) is 25.7 Å². The van der Waals surface area contributed by atoms with E-state index in [1.807, 2.05) is 6.92 Å². The molecule has 0 aromatic carbocycles. The van der Waals surface area contributed by atoms with Crippen LogP contribution < -0.4 is 0 Å². The van der Waals surface area contributed by atoms with Crippen molar-refractivity contribution in [2.24, 2.45) is 34.5 Å². The summed E-state index contributed by atoms with van der Waals surface area (Å²) < 4.78 is 11.3. The molecule has 0 saturated heterocycles. The Morgan fingerprint density at radius 3 is 2.38 bits per heavy atom. The maximum absolute atomic E-state index is 13.4. The molecule has 0 aromatic rings. The number of carbonyl (C=O) groups excluding carboxylic acids is 4. The Morgan fingerprint density at radius 1 is 1.03 bits per heavy atom. The zero-order valence-electron chi connectivity index (χ0n) is 17.9. The van der Waals surface area contributed by atoms with Crippen LogP contribution >= 0.6 is 0 Å². The SMILES string of the molecule is CC(=O)OC1CCC2(C)C(CC(=O)C3C4CCC(=O)C4(C)CC(OC(C)=O)C32)C1. The molecular weight excluding hydrogens is 372 g/mol. The molecule has 8 unspecified atom stereocenters. The van der Waals surface area contributed by atoms with Gasteiger partial charge in [0.15, 0.2) is 0 Å². The lowest BCUT2D eigenvalue weighted by molar-refractivity contribution is -0.197. The quantitative estimate of drug-likeness (QED) is 0.657. The monoisotopic (exact) mass is 404 g/mol. The maximum Gasteiger partial charge on any atom is 0.302 e. The lowest BCUT2D eigenvalue weighted by atomic mass is 9.44. The van der Waals surface area contributed by atoms with E-state index < -0.39 is 11.5 Å². The Bertz CT molecular complexity index is 758. The van der Waals surface area contributed by atoms with Crippen molar-refractivity contribution in [3.8, 4) is 0 Å². The van der Waals surface area contributed by atoms with Crippen LogP contribution in [-0.2, 0) is 28.7 Å². The third-order valence-corrected chi connectivity index (χ3v) is 8.70. The minimum atomic E-state index is -0.574. The number of ether oxygens (including phenoxy) is 2. The van der Waals surface area contributed by atoms with Gasteiger partial charge in [0.2, 0.25) is 0 Å². The van der Waals surface area contributed by atoms with Crippen LogP contribution in [0.5, 0.6) is 0 Å². The van der Waals surface area contributed by atoms with Gasteiger partial charge in [-0.05, 0) is 49.4 Å². The largest absolute Gasteiger partial charge is 0.463 e. The van der Waals surface area contributed by atoms with E-state index in [-0.39, 0.29) is 58.7 Å². The lowest BCUT2D eigenvalue weighted by Gasteiger charge is -2.60. The van der Waals surface area contributed by atoms with Crippen molar-refractivity contribution < 1.29 is 28.7 Å². The second-order valence-corrected chi connectivity index (χ2v) is 10.3. The van der Waals surface area contributed by atoms with Crippen LogP contribution in [0.15, 0.2) is 0 Å². The van der Waals surface area contributed by atoms with Crippen LogP contribution in [0.25, 0.3) is 0 Å². The van der Waals surface area contributed by atoms with E-state index in [9.17, 15) is 19.2 Å². The average Bonchev–Trinajstić information content (AvgIpc) is 2.90. The Balaban J connectivity index is 1.71. The molecule has 4 saturated carbocycles. The third kappa shape index (κ3) is 3.14. The predicted octanol–water partition coefficient (Wildman–Crippen LogP) is 3.25. The Hall–Kier alpha value is -1.72. The molecule has 0 aliphatic heterocycles. The number of hydrogen-bond acceptors (Lipinski definition) is 6. The Morgan fingerprint density at radius 2 is 1.72 bits per heavy atom. The molecule has 6 heteroatoms. The van der Waals surface area contributed by atoms with Gasteiger partial charge >= 0.3 is 11.9 Å². The van der Waals surface area contributed by atoms with Crippen molar-refractivity contribution in [1.82, 2.24) is 0 Å². The first-order chi connectivity index (χ1) is 13.6. The molecule has 4 fully saturated rings. The summed E-state index contributed by atoms with van der Waals surface area (Å²) in [5, 5.41) is 0. The van der Waals surface area contributed by atoms with Crippen molar-refractivity contribution in [1.29, 1.82) is 0 Å². The normalized spacial score (nSPS) is 46.3. The number of hydrogen-bond donors (Lipinski definition) is 0. The molecule has 0 N–H and O–H groups in total. The van der Waals surface area contributed by atoms with Crippen LogP contribution in [0.1, 0.15) is 72.6 Å². The number of Topliss-reactive ketones (excluding diaryl/α,β-unsaturated/α-hetero) is 2.